The molecule has 0 bridgehead atoms. The van der Waals surface area contributed by atoms with Crippen LogP contribution in [0.3, 0.4) is 0 Å². The number of alkyl carbamates (subject to hydrolysis) is 1. The highest BCUT2D eigenvalue weighted by atomic mass is 16.6. The van der Waals surface area contributed by atoms with Crippen molar-refractivity contribution in [1.82, 2.24) is 5.32 Å². The first-order valence-electron chi connectivity index (χ1n) is 8.19. The molecule has 1 amide bonds. The molecule has 1 aromatic carbocycles. The van der Waals surface area contributed by atoms with Crippen molar-refractivity contribution >= 4 is 12.4 Å². The summed E-state index contributed by atoms with van der Waals surface area (Å²) in [4.78, 5) is 22.3. The largest absolute Gasteiger partial charge is 0.447 e. The number of rotatable bonds is 2. The number of carbonyl (C=O) groups excluding carboxylic acids is 2. The highest BCUT2D eigenvalue weighted by molar-refractivity contribution is 5.71. The predicted molar refractivity (Wildman–Crippen MR) is 81.8 cm³/mol. The molecule has 4 rings (SSSR count). The molecule has 1 spiro atoms. The van der Waals surface area contributed by atoms with Crippen molar-refractivity contribution in [2.45, 2.75) is 50.0 Å². The minimum atomic E-state index is -0.272. The Morgan fingerprint density at radius 3 is 2.95 bits per heavy atom. The van der Waals surface area contributed by atoms with E-state index >= 15 is 0 Å². The van der Waals surface area contributed by atoms with E-state index in [1.807, 2.05) is 0 Å². The van der Waals surface area contributed by atoms with Gasteiger partial charge < -0.3 is 14.8 Å². The van der Waals surface area contributed by atoms with E-state index in [0.717, 1.165) is 44.8 Å². The molecule has 2 aliphatic carbocycles. The Morgan fingerprint density at radius 2 is 2.18 bits per heavy atom. The summed E-state index contributed by atoms with van der Waals surface area (Å²) < 4.78 is 5.11. The van der Waals surface area contributed by atoms with Gasteiger partial charge in [0.1, 0.15) is 12.9 Å². The molecule has 116 valence electrons. The number of aldehydes is 1. The Labute approximate surface area is 130 Å². The third-order valence-corrected chi connectivity index (χ3v) is 5.62. The SMILES string of the molecule is O=C[C@@H]1CCc2cc([C@H]3CC[C@]4(COC(=O)N4)C3)ccc2C1. The second-order valence-corrected chi connectivity index (χ2v) is 7.09. The van der Waals surface area contributed by atoms with Gasteiger partial charge in [-0.3, -0.25) is 0 Å². The van der Waals surface area contributed by atoms with Gasteiger partial charge in [0.2, 0.25) is 0 Å². The Balaban J connectivity index is 1.52. The fourth-order valence-electron chi connectivity index (χ4n) is 4.32. The molecule has 1 saturated heterocycles. The predicted octanol–water partition coefficient (Wildman–Crippen LogP) is 2.74. The van der Waals surface area contributed by atoms with E-state index in [1.54, 1.807) is 0 Å². The lowest BCUT2D eigenvalue weighted by Crippen LogP contribution is -2.40. The lowest BCUT2D eigenvalue weighted by molar-refractivity contribution is -0.111. The summed E-state index contributed by atoms with van der Waals surface area (Å²) in [6.45, 7) is 0.508. The van der Waals surface area contributed by atoms with Crippen molar-refractivity contribution in [2.75, 3.05) is 6.61 Å². The van der Waals surface area contributed by atoms with Gasteiger partial charge >= 0.3 is 6.09 Å². The molecule has 1 heterocycles. The number of aryl methyl sites for hydroxylation is 1. The van der Waals surface area contributed by atoms with Gasteiger partial charge in [0, 0.05) is 5.92 Å². The number of benzene rings is 1. The lowest BCUT2D eigenvalue weighted by Gasteiger charge is -2.23. The summed E-state index contributed by atoms with van der Waals surface area (Å²) in [6.07, 6.45) is 6.74. The van der Waals surface area contributed by atoms with Crippen molar-refractivity contribution in [3.8, 4) is 0 Å². The number of cyclic esters (lactones) is 1. The van der Waals surface area contributed by atoms with Gasteiger partial charge in [0.25, 0.3) is 0 Å². The van der Waals surface area contributed by atoms with Crippen LogP contribution in [0.2, 0.25) is 0 Å². The maximum absolute atomic E-state index is 11.3. The zero-order chi connectivity index (χ0) is 15.2. The van der Waals surface area contributed by atoms with Gasteiger partial charge in [-0.1, -0.05) is 18.2 Å². The van der Waals surface area contributed by atoms with Crippen LogP contribution in [0, 0.1) is 5.92 Å². The number of ether oxygens (including phenoxy) is 1. The van der Waals surface area contributed by atoms with Gasteiger partial charge in [0.05, 0.1) is 5.54 Å². The summed E-state index contributed by atoms with van der Waals surface area (Å²) in [5.41, 5.74) is 3.97. The zero-order valence-electron chi connectivity index (χ0n) is 12.6. The van der Waals surface area contributed by atoms with Crippen LogP contribution in [0.5, 0.6) is 0 Å². The van der Waals surface area contributed by atoms with E-state index in [-0.39, 0.29) is 17.6 Å². The van der Waals surface area contributed by atoms with Crippen LogP contribution < -0.4 is 5.32 Å². The molecule has 0 radical (unpaired) electrons. The molecule has 0 aromatic heterocycles. The molecule has 22 heavy (non-hydrogen) atoms. The van der Waals surface area contributed by atoms with Gasteiger partial charge in [-0.05, 0) is 61.1 Å². The average molecular weight is 299 g/mol. The molecule has 1 N–H and O–H groups in total. The molecule has 3 atom stereocenters. The third-order valence-electron chi connectivity index (χ3n) is 5.62. The molecule has 0 unspecified atom stereocenters. The number of carbonyl (C=O) groups is 2. The van der Waals surface area contributed by atoms with Crippen LogP contribution >= 0.6 is 0 Å². The second kappa shape index (κ2) is 5.11. The zero-order valence-corrected chi connectivity index (χ0v) is 12.6. The summed E-state index contributed by atoms with van der Waals surface area (Å²) in [6, 6.07) is 6.75. The lowest BCUT2D eigenvalue weighted by atomic mass is 9.82. The normalized spacial score (nSPS) is 33.4. The smallest absolute Gasteiger partial charge is 0.407 e. The third kappa shape index (κ3) is 2.31. The molecule has 3 aliphatic rings. The number of amides is 1. The van der Waals surface area contributed by atoms with Gasteiger partial charge in [0.15, 0.2) is 0 Å². The average Bonchev–Trinajstić information content (AvgIpc) is 3.13. The molecule has 1 saturated carbocycles. The summed E-state index contributed by atoms with van der Waals surface area (Å²) in [7, 11) is 0. The number of fused-ring (bicyclic) bond motifs is 1. The first-order valence-corrected chi connectivity index (χ1v) is 8.19. The monoisotopic (exact) mass is 299 g/mol. The number of hydrogen-bond acceptors (Lipinski definition) is 3. The maximum Gasteiger partial charge on any atom is 0.407 e. The second-order valence-electron chi connectivity index (χ2n) is 7.09. The highest BCUT2D eigenvalue weighted by Crippen LogP contribution is 2.43. The van der Waals surface area contributed by atoms with Crippen molar-refractivity contribution in [1.29, 1.82) is 0 Å². The molecular formula is C18H21NO3. The van der Waals surface area contributed by atoms with Crippen LogP contribution in [-0.4, -0.2) is 24.5 Å². The van der Waals surface area contributed by atoms with Crippen LogP contribution in [0.1, 0.15) is 48.3 Å². The quantitative estimate of drug-likeness (QED) is 0.854. The van der Waals surface area contributed by atoms with E-state index in [9.17, 15) is 9.59 Å². The van der Waals surface area contributed by atoms with E-state index < -0.39 is 0 Å². The van der Waals surface area contributed by atoms with Crippen molar-refractivity contribution in [2.24, 2.45) is 5.92 Å². The molecule has 4 heteroatoms. The van der Waals surface area contributed by atoms with Crippen LogP contribution in [0.25, 0.3) is 0 Å². The van der Waals surface area contributed by atoms with E-state index in [0.29, 0.717) is 12.5 Å². The Hall–Kier alpha value is -1.84. The minimum absolute atomic E-state index is 0.139. The maximum atomic E-state index is 11.3. The van der Waals surface area contributed by atoms with Crippen molar-refractivity contribution in [3.05, 3.63) is 34.9 Å². The van der Waals surface area contributed by atoms with E-state index in [1.165, 1.54) is 16.7 Å². The van der Waals surface area contributed by atoms with Gasteiger partial charge in [-0.15, -0.1) is 0 Å². The summed E-state index contributed by atoms with van der Waals surface area (Å²) >= 11 is 0. The molecule has 1 aromatic rings. The molecule has 1 aliphatic heterocycles. The molecule has 4 nitrogen and oxygen atoms in total. The Bertz CT molecular complexity index is 627. The Kier molecular flexibility index (Phi) is 3.21. The first kappa shape index (κ1) is 13.8. The fourth-order valence-corrected chi connectivity index (χ4v) is 4.32. The molecule has 2 fully saturated rings. The minimum Gasteiger partial charge on any atom is -0.447 e. The van der Waals surface area contributed by atoms with Gasteiger partial charge in [-0.2, -0.15) is 0 Å². The van der Waals surface area contributed by atoms with E-state index in [4.69, 9.17) is 4.74 Å². The fraction of sp³-hybridized carbons (Fsp3) is 0.556. The summed E-state index contributed by atoms with van der Waals surface area (Å²) in [5.74, 6) is 0.690. The number of nitrogens with one attached hydrogen (secondary N) is 1. The summed E-state index contributed by atoms with van der Waals surface area (Å²) in [5, 5.41) is 3.00. The standard InChI is InChI=1S/C18H21NO3/c20-10-12-1-2-14-8-15(4-3-13(14)7-12)16-5-6-18(9-16)11-22-17(21)19-18/h3-4,8,10,12,16H,1-2,5-7,9,11H2,(H,19,21)/t12-,16+,18-/m1/s1. The first-order chi connectivity index (χ1) is 10.7. The van der Waals surface area contributed by atoms with Crippen LogP contribution in [-0.2, 0) is 22.4 Å². The van der Waals surface area contributed by atoms with Crippen LogP contribution in [0.15, 0.2) is 18.2 Å². The van der Waals surface area contributed by atoms with Crippen molar-refractivity contribution < 1.29 is 14.3 Å². The van der Waals surface area contributed by atoms with E-state index in [2.05, 4.69) is 23.5 Å². The molecular weight excluding hydrogens is 278 g/mol. The number of hydrogen-bond donors (Lipinski definition) is 1. The highest BCUT2D eigenvalue weighted by Gasteiger charge is 2.46. The Morgan fingerprint density at radius 1 is 1.27 bits per heavy atom. The topological polar surface area (TPSA) is 55.4 Å². The van der Waals surface area contributed by atoms with Crippen LogP contribution in [0.4, 0.5) is 4.79 Å². The van der Waals surface area contributed by atoms with Crippen molar-refractivity contribution in [3.63, 3.8) is 0 Å². The van der Waals surface area contributed by atoms with Gasteiger partial charge in [-0.25, -0.2) is 4.79 Å².